The molecule has 1 aliphatic rings. The van der Waals surface area contributed by atoms with E-state index in [0.29, 0.717) is 24.5 Å². The van der Waals surface area contributed by atoms with Gasteiger partial charge in [0.05, 0.1) is 18.7 Å². The predicted octanol–water partition coefficient (Wildman–Crippen LogP) is 4.88. The van der Waals surface area contributed by atoms with Crippen LogP contribution in [0.5, 0.6) is 11.5 Å². The molecule has 0 saturated carbocycles. The van der Waals surface area contributed by atoms with Crippen LogP contribution in [0.15, 0.2) is 72.9 Å². The van der Waals surface area contributed by atoms with Crippen molar-refractivity contribution in [1.82, 2.24) is 9.97 Å². The van der Waals surface area contributed by atoms with Gasteiger partial charge in [0.1, 0.15) is 23.3 Å². The quantitative estimate of drug-likeness (QED) is 0.450. The molecule has 0 fully saturated rings. The molecule has 0 spiro atoms. The van der Waals surface area contributed by atoms with Crippen molar-refractivity contribution in [3.63, 3.8) is 0 Å². The fourth-order valence-electron chi connectivity index (χ4n) is 4.03. The Hall–Kier alpha value is -3.80. The first-order chi connectivity index (χ1) is 15.2. The smallest absolute Gasteiger partial charge is 0.304 e. The second-order valence-corrected chi connectivity index (χ2v) is 7.75. The molecule has 6 heteroatoms. The number of aliphatic carboxylic acids is 1. The van der Waals surface area contributed by atoms with E-state index in [1.807, 2.05) is 60.8 Å². The van der Waals surface area contributed by atoms with Crippen LogP contribution in [0.25, 0.3) is 11.0 Å². The molecular weight excluding hydrogens is 392 g/mol. The first-order valence-corrected chi connectivity index (χ1v) is 10.3. The van der Waals surface area contributed by atoms with E-state index in [4.69, 9.17) is 19.6 Å². The fraction of sp³-hybridized carbons (Fsp3) is 0.200. The summed E-state index contributed by atoms with van der Waals surface area (Å²) in [5.74, 6) is 0.410. The van der Waals surface area contributed by atoms with Gasteiger partial charge in [0.25, 0.3) is 0 Å². The Kier molecular flexibility index (Phi) is 5.04. The molecule has 2 atom stereocenters. The second kappa shape index (κ2) is 8.14. The lowest BCUT2D eigenvalue weighted by atomic mass is 9.98. The number of aromatic nitrogens is 2. The number of hydrogen-bond donors (Lipinski definition) is 2. The molecule has 2 aromatic carbocycles. The van der Waals surface area contributed by atoms with Gasteiger partial charge in [-0.15, -0.1) is 0 Å². The molecule has 1 aliphatic heterocycles. The minimum Gasteiger partial charge on any atom is -0.492 e. The van der Waals surface area contributed by atoms with Crippen LogP contribution < -0.4 is 9.47 Å². The zero-order valence-electron chi connectivity index (χ0n) is 16.8. The maximum Gasteiger partial charge on any atom is 0.304 e. The van der Waals surface area contributed by atoms with Gasteiger partial charge < -0.3 is 19.6 Å². The van der Waals surface area contributed by atoms with E-state index < -0.39 is 5.97 Å². The number of carboxylic acids is 1. The Morgan fingerprint density at radius 1 is 1.16 bits per heavy atom. The normalized spacial score (nSPS) is 15.9. The summed E-state index contributed by atoms with van der Waals surface area (Å²) in [5, 5.41) is 10.2. The number of ether oxygens (including phenoxy) is 2. The van der Waals surface area contributed by atoms with Gasteiger partial charge in [-0.1, -0.05) is 36.4 Å². The molecule has 0 bridgehead atoms. The summed E-state index contributed by atoms with van der Waals surface area (Å²) in [6, 6.07) is 21.8. The van der Waals surface area contributed by atoms with E-state index in [2.05, 4.69) is 17.1 Å². The van der Waals surface area contributed by atoms with Crippen molar-refractivity contribution in [3.8, 4) is 11.5 Å². The van der Waals surface area contributed by atoms with E-state index in [1.165, 1.54) is 0 Å². The molecule has 0 aliphatic carbocycles. The number of fused-ring (bicyclic) bond motifs is 2. The predicted molar refractivity (Wildman–Crippen MR) is 117 cm³/mol. The van der Waals surface area contributed by atoms with Crippen molar-refractivity contribution < 1.29 is 19.4 Å². The third kappa shape index (κ3) is 4.10. The standard InChI is InChI=1S/C25H22N2O4/c28-24(29)13-18-15-30-22-14-19(7-8-20(18)22)31-23(12-16-4-2-1-3-5-16)21-9-6-17-10-11-26-25(17)27-21/h1-11,14,18,23H,12-13,15H2,(H,26,27)(H,28,29). The highest BCUT2D eigenvalue weighted by atomic mass is 16.5. The van der Waals surface area contributed by atoms with Gasteiger partial charge in [0, 0.05) is 35.6 Å². The average molecular weight is 414 g/mol. The number of carbonyl (C=O) groups is 1. The summed E-state index contributed by atoms with van der Waals surface area (Å²) < 4.78 is 12.1. The maximum absolute atomic E-state index is 11.1. The SMILES string of the molecule is O=C(O)CC1COc2cc(OC(Cc3ccccc3)c3ccc4cc[nH]c4n3)ccc21. The minimum atomic E-state index is -0.824. The molecule has 156 valence electrons. The Labute approximate surface area is 179 Å². The van der Waals surface area contributed by atoms with Crippen molar-refractivity contribution in [2.45, 2.75) is 24.9 Å². The molecule has 31 heavy (non-hydrogen) atoms. The van der Waals surface area contributed by atoms with E-state index >= 15 is 0 Å². The third-order valence-electron chi connectivity index (χ3n) is 5.59. The lowest BCUT2D eigenvalue weighted by Crippen LogP contribution is -2.13. The molecule has 0 amide bonds. The fourth-order valence-corrected chi connectivity index (χ4v) is 4.03. The number of nitrogens with zero attached hydrogens (tertiary/aromatic N) is 1. The zero-order valence-corrected chi connectivity index (χ0v) is 16.8. The summed E-state index contributed by atoms with van der Waals surface area (Å²) in [4.78, 5) is 19.0. The number of hydrogen-bond acceptors (Lipinski definition) is 4. The number of pyridine rings is 1. The Morgan fingerprint density at radius 2 is 2.03 bits per heavy atom. The van der Waals surface area contributed by atoms with Crippen LogP contribution in [0.3, 0.4) is 0 Å². The molecule has 3 heterocycles. The molecule has 2 aromatic heterocycles. The zero-order chi connectivity index (χ0) is 21.2. The van der Waals surface area contributed by atoms with Crippen molar-refractivity contribution in [3.05, 3.63) is 89.7 Å². The Bertz CT molecular complexity index is 1220. The van der Waals surface area contributed by atoms with Crippen LogP contribution in [0.1, 0.15) is 35.3 Å². The van der Waals surface area contributed by atoms with Gasteiger partial charge in [-0.25, -0.2) is 4.98 Å². The van der Waals surface area contributed by atoms with Crippen LogP contribution in [0, 0.1) is 0 Å². The first-order valence-electron chi connectivity index (χ1n) is 10.3. The summed E-state index contributed by atoms with van der Waals surface area (Å²) in [5.41, 5.74) is 3.73. The van der Waals surface area contributed by atoms with Crippen molar-refractivity contribution in [2.75, 3.05) is 6.61 Å². The molecule has 0 saturated heterocycles. The van der Waals surface area contributed by atoms with Crippen LogP contribution in [-0.2, 0) is 11.2 Å². The summed E-state index contributed by atoms with van der Waals surface area (Å²) >= 11 is 0. The molecular formula is C25H22N2O4. The first kappa shape index (κ1) is 19.2. The lowest BCUT2D eigenvalue weighted by molar-refractivity contribution is -0.137. The van der Waals surface area contributed by atoms with Gasteiger partial charge in [-0.2, -0.15) is 0 Å². The number of aromatic amines is 1. The summed E-state index contributed by atoms with van der Waals surface area (Å²) in [6.07, 6.45) is 2.31. The van der Waals surface area contributed by atoms with E-state index in [-0.39, 0.29) is 18.4 Å². The van der Waals surface area contributed by atoms with Crippen molar-refractivity contribution in [2.24, 2.45) is 0 Å². The maximum atomic E-state index is 11.1. The number of H-pyrrole nitrogens is 1. The molecule has 6 nitrogen and oxygen atoms in total. The van der Waals surface area contributed by atoms with Crippen molar-refractivity contribution >= 4 is 17.0 Å². The van der Waals surface area contributed by atoms with Gasteiger partial charge in [0.15, 0.2) is 0 Å². The minimum absolute atomic E-state index is 0.0594. The van der Waals surface area contributed by atoms with Crippen LogP contribution >= 0.6 is 0 Å². The highest BCUT2D eigenvalue weighted by Gasteiger charge is 2.27. The summed E-state index contributed by atoms with van der Waals surface area (Å²) in [6.45, 7) is 0.379. The number of rotatable bonds is 7. The average Bonchev–Trinajstić information content (AvgIpc) is 3.40. The highest BCUT2D eigenvalue weighted by Crippen LogP contribution is 2.39. The van der Waals surface area contributed by atoms with Crippen LogP contribution in [-0.4, -0.2) is 27.7 Å². The molecule has 5 rings (SSSR count). The number of benzene rings is 2. The highest BCUT2D eigenvalue weighted by molar-refractivity contribution is 5.75. The monoisotopic (exact) mass is 414 g/mol. The molecule has 2 N–H and O–H groups in total. The van der Waals surface area contributed by atoms with Crippen molar-refractivity contribution in [1.29, 1.82) is 0 Å². The lowest BCUT2D eigenvalue weighted by Gasteiger charge is -2.20. The second-order valence-electron chi connectivity index (χ2n) is 7.75. The van der Waals surface area contributed by atoms with Gasteiger partial charge in [-0.3, -0.25) is 4.79 Å². The molecule has 2 unspecified atom stereocenters. The van der Waals surface area contributed by atoms with Gasteiger partial charge in [0.2, 0.25) is 0 Å². The molecule has 0 radical (unpaired) electrons. The van der Waals surface area contributed by atoms with E-state index in [9.17, 15) is 4.79 Å². The number of nitrogens with one attached hydrogen (secondary N) is 1. The Morgan fingerprint density at radius 3 is 2.87 bits per heavy atom. The topological polar surface area (TPSA) is 84.4 Å². The van der Waals surface area contributed by atoms with Crippen LogP contribution in [0.2, 0.25) is 0 Å². The van der Waals surface area contributed by atoms with E-state index in [1.54, 1.807) is 0 Å². The van der Waals surface area contributed by atoms with Gasteiger partial charge in [-0.05, 0) is 29.8 Å². The number of carboxylic acid groups (broad SMARTS) is 1. The third-order valence-corrected chi connectivity index (χ3v) is 5.59. The Balaban J connectivity index is 1.44. The van der Waals surface area contributed by atoms with Gasteiger partial charge >= 0.3 is 5.97 Å². The van der Waals surface area contributed by atoms with E-state index in [0.717, 1.165) is 27.9 Å². The molecule has 4 aromatic rings. The summed E-state index contributed by atoms with van der Waals surface area (Å²) in [7, 11) is 0. The largest absolute Gasteiger partial charge is 0.492 e. The van der Waals surface area contributed by atoms with Crippen LogP contribution in [0.4, 0.5) is 0 Å².